The Labute approximate surface area is 120 Å². The number of carbonyl (C=O) groups is 2. The van der Waals surface area contributed by atoms with Crippen molar-refractivity contribution in [3.05, 3.63) is 59.1 Å². The van der Waals surface area contributed by atoms with Crippen molar-refractivity contribution in [2.24, 2.45) is 5.73 Å². The van der Waals surface area contributed by atoms with Gasteiger partial charge < -0.3 is 15.8 Å². The first-order chi connectivity index (χ1) is 9.54. The highest BCUT2D eigenvalue weighted by molar-refractivity contribution is 6.30. The number of amides is 2. The molecule has 0 aromatic heterocycles. The third-order valence-corrected chi connectivity index (χ3v) is 2.61. The number of anilines is 1. The zero-order valence-corrected chi connectivity index (χ0v) is 11.1. The summed E-state index contributed by atoms with van der Waals surface area (Å²) >= 11 is 5.80. The van der Waals surface area contributed by atoms with Crippen LogP contribution in [0, 0.1) is 0 Å². The monoisotopic (exact) mass is 290 g/mol. The van der Waals surface area contributed by atoms with Gasteiger partial charge in [0, 0.05) is 10.7 Å². The van der Waals surface area contributed by atoms with Gasteiger partial charge in [-0.15, -0.1) is 0 Å². The molecule has 3 N–H and O–H groups in total. The molecule has 20 heavy (non-hydrogen) atoms. The number of hydrogen-bond acceptors (Lipinski definition) is 3. The van der Waals surface area contributed by atoms with Gasteiger partial charge in [0.1, 0.15) is 5.75 Å². The zero-order chi connectivity index (χ0) is 14.5. The van der Waals surface area contributed by atoms with Gasteiger partial charge >= 0.3 is 12.0 Å². The van der Waals surface area contributed by atoms with Crippen LogP contribution in [-0.4, -0.2) is 12.0 Å². The molecule has 0 bridgehead atoms. The van der Waals surface area contributed by atoms with Crippen LogP contribution in [0.25, 0.3) is 0 Å². The first-order valence-electron chi connectivity index (χ1n) is 5.69. The molecule has 2 rings (SSSR count). The van der Waals surface area contributed by atoms with Crippen molar-refractivity contribution in [3.63, 3.8) is 0 Å². The van der Waals surface area contributed by atoms with Crippen molar-refractivity contribution >= 4 is 29.3 Å². The van der Waals surface area contributed by atoms with Gasteiger partial charge in [0.2, 0.25) is 0 Å². The molecule has 2 aromatic carbocycles. The van der Waals surface area contributed by atoms with Gasteiger partial charge in [0.05, 0.1) is 5.56 Å². The predicted octanol–water partition coefficient (Wildman–Crippen LogP) is 3.05. The number of halogens is 1. The van der Waals surface area contributed by atoms with Gasteiger partial charge in [0.25, 0.3) is 0 Å². The lowest BCUT2D eigenvalue weighted by Gasteiger charge is -2.06. The maximum absolute atomic E-state index is 12.0. The van der Waals surface area contributed by atoms with E-state index in [1.807, 2.05) is 0 Å². The number of nitrogens with two attached hydrogens (primary N) is 1. The third-order valence-electron chi connectivity index (χ3n) is 2.37. The molecule has 5 nitrogen and oxygen atoms in total. The average molecular weight is 291 g/mol. The quantitative estimate of drug-likeness (QED) is 0.673. The summed E-state index contributed by atoms with van der Waals surface area (Å²) in [6.07, 6.45) is 0. The molecule has 0 radical (unpaired) electrons. The first kappa shape index (κ1) is 13.9. The summed E-state index contributed by atoms with van der Waals surface area (Å²) in [6.45, 7) is 0. The summed E-state index contributed by atoms with van der Waals surface area (Å²) in [4.78, 5) is 22.7. The van der Waals surface area contributed by atoms with Crippen LogP contribution in [-0.2, 0) is 0 Å². The number of benzene rings is 2. The second-order valence-electron chi connectivity index (χ2n) is 3.92. The van der Waals surface area contributed by atoms with Crippen LogP contribution in [0.1, 0.15) is 10.4 Å². The van der Waals surface area contributed by atoms with Gasteiger partial charge in [-0.1, -0.05) is 23.7 Å². The standard InChI is InChI=1S/C14H11ClN2O3/c15-10-4-2-6-12(8-10)20-13(18)9-3-1-5-11(7-9)17-14(16)19/h1-8H,(H3,16,17,19). The number of hydrogen-bond donors (Lipinski definition) is 2. The summed E-state index contributed by atoms with van der Waals surface area (Å²) < 4.78 is 5.17. The molecular formula is C14H11ClN2O3. The van der Waals surface area contributed by atoms with E-state index in [2.05, 4.69) is 5.32 Å². The highest BCUT2D eigenvalue weighted by atomic mass is 35.5. The molecule has 0 heterocycles. The van der Waals surface area contributed by atoms with Crippen molar-refractivity contribution in [2.75, 3.05) is 5.32 Å². The molecule has 0 fully saturated rings. The fourth-order valence-corrected chi connectivity index (χ4v) is 1.74. The minimum atomic E-state index is -0.703. The van der Waals surface area contributed by atoms with E-state index in [-0.39, 0.29) is 5.56 Å². The highest BCUT2D eigenvalue weighted by Gasteiger charge is 2.10. The van der Waals surface area contributed by atoms with Crippen molar-refractivity contribution in [2.45, 2.75) is 0 Å². The fraction of sp³-hybridized carbons (Fsp3) is 0. The summed E-state index contributed by atoms with van der Waals surface area (Å²) in [5.74, 6) is -0.212. The van der Waals surface area contributed by atoms with E-state index in [0.29, 0.717) is 16.5 Å². The van der Waals surface area contributed by atoms with Crippen molar-refractivity contribution in [1.82, 2.24) is 0 Å². The minimum Gasteiger partial charge on any atom is -0.423 e. The molecule has 6 heteroatoms. The Morgan fingerprint density at radius 2 is 1.85 bits per heavy atom. The first-order valence-corrected chi connectivity index (χ1v) is 6.06. The van der Waals surface area contributed by atoms with Crippen LogP contribution < -0.4 is 15.8 Å². The third kappa shape index (κ3) is 3.73. The van der Waals surface area contributed by atoms with Crippen LogP contribution in [0.15, 0.2) is 48.5 Å². The van der Waals surface area contributed by atoms with E-state index < -0.39 is 12.0 Å². The molecule has 102 valence electrons. The Morgan fingerprint density at radius 1 is 1.10 bits per heavy atom. The van der Waals surface area contributed by atoms with Gasteiger partial charge in [-0.2, -0.15) is 0 Å². The van der Waals surface area contributed by atoms with Crippen molar-refractivity contribution in [1.29, 1.82) is 0 Å². The second kappa shape index (κ2) is 6.08. The van der Waals surface area contributed by atoms with Crippen molar-refractivity contribution in [3.8, 4) is 5.75 Å². The lowest BCUT2D eigenvalue weighted by atomic mass is 10.2. The van der Waals surface area contributed by atoms with E-state index in [1.54, 1.807) is 36.4 Å². The Kier molecular flexibility index (Phi) is 4.22. The molecule has 0 aliphatic heterocycles. The molecule has 0 atom stereocenters. The predicted molar refractivity (Wildman–Crippen MR) is 76.1 cm³/mol. The maximum Gasteiger partial charge on any atom is 0.343 e. The number of carbonyl (C=O) groups excluding carboxylic acids is 2. The van der Waals surface area contributed by atoms with E-state index >= 15 is 0 Å². The number of primary amides is 1. The average Bonchev–Trinajstić information content (AvgIpc) is 2.38. The van der Waals surface area contributed by atoms with Crippen LogP contribution >= 0.6 is 11.6 Å². The number of urea groups is 1. The molecule has 0 aliphatic carbocycles. The van der Waals surface area contributed by atoms with Crippen molar-refractivity contribution < 1.29 is 14.3 Å². The summed E-state index contributed by atoms with van der Waals surface area (Å²) in [6, 6.07) is 12.1. The molecular weight excluding hydrogens is 280 g/mol. The molecule has 2 aromatic rings. The van der Waals surface area contributed by atoms with Crippen LogP contribution in [0.4, 0.5) is 10.5 Å². The Hall–Kier alpha value is -2.53. The summed E-state index contributed by atoms with van der Waals surface area (Å²) in [5.41, 5.74) is 5.71. The van der Waals surface area contributed by atoms with Gasteiger partial charge in [0.15, 0.2) is 0 Å². The molecule has 0 saturated heterocycles. The molecule has 2 amide bonds. The molecule has 0 spiro atoms. The van der Waals surface area contributed by atoms with Gasteiger partial charge in [-0.25, -0.2) is 9.59 Å². The SMILES string of the molecule is NC(=O)Nc1cccc(C(=O)Oc2cccc(Cl)c2)c1. The Morgan fingerprint density at radius 3 is 2.55 bits per heavy atom. The number of esters is 1. The highest BCUT2D eigenvalue weighted by Crippen LogP contribution is 2.19. The maximum atomic E-state index is 12.0. The van der Waals surface area contributed by atoms with Gasteiger partial charge in [-0.3, -0.25) is 0 Å². The minimum absolute atomic E-state index is 0.288. The van der Waals surface area contributed by atoms with E-state index in [1.165, 1.54) is 12.1 Å². The molecule has 0 unspecified atom stereocenters. The normalized spacial score (nSPS) is 9.85. The summed E-state index contributed by atoms with van der Waals surface area (Å²) in [5, 5.41) is 2.85. The smallest absolute Gasteiger partial charge is 0.343 e. The number of ether oxygens (including phenoxy) is 1. The number of nitrogens with one attached hydrogen (secondary N) is 1. The fourth-order valence-electron chi connectivity index (χ4n) is 1.56. The van der Waals surface area contributed by atoms with E-state index in [9.17, 15) is 9.59 Å². The Bertz CT molecular complexity index is 658. The molecule has 0 aliphatic rings. The van der Waals surface area contributed by atoms with Crippen LogP contribution in [0.2, 0.25) is 5.02 Å². The van der Waals surface area contributed by atoms with Gasteiger partial charge in [-0.05, 0) is 36.4 Å². The molecule has 0 saturated carbocycles. The Balaban J connectivity index is 2.15. The lowest BCUT2D eigenvalue weighted by Crippen LogP contribution is -2.19. The second-order valence-corrected chi connectivity index (χ2v) is 4.35. The van der Waals surface area contributed by atoms with Crippen LogP contribution in [0.3, 0.4) is 0 Å². The van der Waals surface area contributed by atoms with E-state index in [4.69, 9.17) is 22.1 Å². The summed E-state index contributed by atoms with van der Waals surface area (Å²) in [7, 11) is 0. The number of rotatable bonds is 3. The largest absolute Gasteiger partial charge is 0.423 e. The topological polar surface area (TPSA) is 81.4 Å². The van der Waals surface area contributed by atoms with Crippen LogP contribution in [0.5, 0.6) is 5.75 Å². The van der Waals surface area contributed by atoms with E-state index in [0.717, 1.165) is 0 Å². The zero-order valence-electron chi connectivity index (χ0n) is 10.3. The lowest BCUT2D eigenvalue weighted by molar-refractivity contribution is 0.0735.